The van der Waals surface area contributed by atoms with Gasteiger partial charge >= 0.3 is 0 Å². The Balaban J connectivity index is 1.48. The molecule has 0 unspecified atom stereocenters. The van der Waals surface area contributed by atoms with E-state index in [1.165, 1.54) is 35.2 Å². The quantitative estimate of drug-likeness (QED) is 0.329. The first-order valence-corrected chi connectivity index (χ1v) is 11.7. The average Bonchev–Trinajstić information content (AvgIpc) is 2.92. The summed E-state index contributed by atoms with van der Waals surface area (Å²) in [5, 5.41) is 3.25. The second-order valence-electron chi connectivity index (χ2n) is 8.03. The maximum atomic E-state index is 14.6. The largest absolute Gasteiger partial charge is 0.382 e. The summed E-state index contributed by atoms with van der Waals surface area (Å²) in [7, 11) is 0. The zero-order valence-corrected chi connectivity index (χ0v) is 20.4. The highest BCUT2D eigenvalue weighted by Gasteiger charge is 2.18. The SMILES string of the molecule is Nc1ncnc(NCCc2nc3c(F)ccc(Cl)c3c(=O)n2-c2ccccc2)c1C#Cc1ccc(F)cn1. The van der Waals surface area contributed by atoms with Gasteiger partial charge in [-0.2, -0.15) is 0 Å². The lowest BCUT2D eigenvalue weighted by Gasteiger charge is -2.15. The monoisotopic (exact) mass is 529 g/mol. The number of anilines is 2. The molecule has 0 radical (unpaired) electrons. The Morgan fingerprint density at radius 3 is 2.58 bits per heavy atom. The van der Waals surface area contributed by atoms with Crippen molar-refractivity contribution >= 4 is 34.1 Å². The smallest absolute Gasteiger partial charge is 0.267 e. The van der Waals surface area contributed by atoms with Crippen molar-refractivity contribution < 1.29 is 8.78 Å². The summed E-state index contributed by atoms with van der Waals surface area (Å²) >= 11 is 6.25. The van der Waals surface area contributed by atoms with Gasteiger partial charge in [0.25, 0.3) is 5.56 Å². The van der Waals surface area contributed by atoms with Crippen molar-refractivity contribution in [2.24, 2.45) is 0 Å². The van der Waals surface area contributed by atoms with Gasteiger partial charge in [0.2, 0.25) is 0 Å². The van der Waals surface area contributed by atoms with Crippen LogP contribution in [0, 0.1) is 23.5 Å². The number of hydrogen-bond acceptors (Lipinski definition) is 7. The maximum absolute atomic E-state index is 14.6. The molecule has 0 spiro atoms. The van der Waals surface area contributed by atoms with Crippen molar-refractivity contribution in [1.82, 2.24) is 24.5 Å². The van der Waals surface area contributed by atoms with Crippen molar-refractivity contribution in [1.29, 1.82) is 0 Å². The molecule has 0 saturated carbocycles. The molecule has 0 bridgehead atoms. The van der Waals surface area contributed by atoms with Crippen molar-refractivity contribution in [2.75, 3.05) is 17.6 Å². The summed E-state index contributed by atoms with van der Waals surface area (Å²) in [6.45, 7) is 0.243. The normalized spacial score (nSPS) is 10.7. The van der Waals surface area contributed by atoms with Gasteiger partial charge < -0.3 is 11.1 Å². The van der Waals surface area contributed by atoms with Gasteiger partial charge in [0.15, 0.2) is 0 Å². The van der Waals surface area contributed by atoms with E-state index in [1.807, 2.05) is 6.07 Å². The first kappa shape index (κ1) is 24.8. The molecule has 0 aliphatic rings. The van der Waals surface area contributed by atoms with E-state index >= 15 is 0 Å². The molecule has 0 fully saturated rings. The number of halogens is 3. The first-order chi connectivity index (χ1) is 18.4. The fraction of sp³-hybridized carbons (Fsp3) is 0.0741. The minimum absolute atomic E-state index is 0.00256. The summed E-state index contributed by atoms with van der Waals surface area (Å²) in [5.74, 6) is 5.35. The van der Waals surface area contributed by atoms with Gasteiger partial charge in [-0.1, -0.05) is 35.7 Å². The van der Waals surface area contributed by atoms with Gasteiger partial charge in [0.1, 0.15) is 52.2 Å². The second kappa shape index (κ2) is 10.6. The summed E-state index contributed by atoms with van der Waals surface area (Å²) in [6, 6.07) is 14.1. The Kier molecular flexibility index (Phi) is 6.93. The van der Waals surface area contributed by atoms with Crippen LogP contribution in [-0.4, -0.2) is 31.0 Å². The number of aromatic nitrogens is 5. The Morgan fingerprint density at radius 1 is 1.00 bits per heavy atom. The zero-order chi connectivity index (χ0) is 26.6. The van der Waals surface area contributed by atoms with Gasteiger partial charge in [-0.05, 0) is 42.3 Å². The molecule has 5 aromatic rings. The predicted octanol–water partition coefficient (Wildman–Crippen LogP) is 4.14. The van der Waals surface area contributed by atoms with E-state index in [0.29, 0.717) is 28.6 Å². The van der Waals surface area contributed by atoms with Crippen molar-refractivity contribution in [3.8, 4) is 17.5 Å². The van der Waals surface area contributed by atoms with Crippen molar-refractivity contribution in [3.05, 3.63) is 111 Å². The molecule has 0 aliphatic heterocycles. The van der Waals surface area contributed by atoms with E-state index in [2.05, 4.69) is 37.1 Å². The summed E-state index contributed by atoms with van der Waals surface area (Å²) in [5.41, 5.74) is 6.66. The summed E-state index contributed by atoms with van der Waals surface area (Å²) < 4.78 is 29.2. The standard InChI is InChI=1S/C27H18ClF2N7O/c28-20-10-11-21(30)24-23(20)27(38)37(18-4-2-1-3-5-18)22(36-24)12-13-32-26-19(25(31)34-15-35-26)9-8-17-7-6-16(29)14-33-17/h1-7,10-11,14-15H,12-13H2,(H3,31,32,34,35). The lowest BCUT2D eigenvalue weighted by molar-refractivity contribution is 0.621. The summed E-state index contributed by atoms with van der Waals surface area (Å²) in [6.07, 6.45) is 2.56. The molecule has 3 heterocycles. The number of nitrogens with zero attached hydrogens (tertiary/aromatic N) is 5. The Hall–Kier alpha value is -4.88. The molecule has 11 heteroatoms. The molecule has 2 aromatic carbocycles. The van der Waals surface area contributed by atoms with Gasteiger partial charge in [-0.15, -0.1) is 0 Å². The molecule has 8 nitrogen and oxygen atoms in total. The molecule has 0 atom stereocenters. The third kappa shape index (κ3) is 5.00. The van der Waals surface area contributed by atoms with Crippen LogP contribution in [0.3, 0.4) is 0 Å². The fourth-order valence-electron chi connectivity index (χ4n) is 3.80. The molecule has 0 amide bonds. The summed E-state index contributed by atoms with van der Waals surface area (Å²) in [4.78, 5) is 30.0. The maximum Gasteiger partial charge on any atom is 0.267 e. The van der Waals surface area contributed by atoms with E-state index in [9.17, 15) is 13.6 Å². The van der Waals surface area contributed by atoms with Crippen LogP contribution in [0.15, 0.2) is 71.9 Å². The van der Waals surface area contributed by atoms with E-state index < -0.39 is 17.2 Å². The fourth-order valence-corrected chi connectivity index (χ4v) is 4.03. The van der Waals surface area contributed by atoms with Gasteiger partial charge in [0, 0.05) is 13.0 Å². The zero-order valence-electron chi connectivity index (χ0n) is 19.6. The van der Waals surface area contributed by atoms with E-state index in [1.54, 1.807) is 24.3 Å². The molecule has 38 heavy (non-hydrogen) atoms. The van der Waals surface area contributed by atoms with Gasteiger partial charge in [-0.3, -0.25) is 9.36 Å². The number of hydrogen-bond donors (Lipinski definition) is 2. The number of nitrogens with two attached hydrogens (primary N) is 1. The van der Waals surface area contributed by atoms with Crippen molar-refractivity contribution in [2.45, 2.75) is 6.42 Å². The number of fused-ring (bicyclic) bond motifs is 1. The molecule has 0 aliphatic carbocycles. The molecule has 5 rings (SSSR count). The van der Waals surface area contributed by atoms with Gasteiger partial charge in [-0.25, -0.2) is 28.7 Å². The molecular formula is C27H18ClF2N7O. The van der Waals surface area contributed by atoms with Crippen molar-refractivity contribution in [3.63, 3.8) is 0 Å². The topological polar surface area (TPSA) is 112 Å². The number of nitrogens with one attached hydrogen (secondary N) is 1. The number of benzene rings is 2. The molecular weight excluding hydrogens is 512 g/mol. The van der Waals surface area contributed by atoms with Crippen LogP contribution in [0.5, 0.6) is 0 Å². The van der Waals surface area contributed by atoms with E-state index in [0.717, 1.165) is 6.20 Å². The number of nitrogen functional groups attached to an aromatic ring is 1. The minimum atomic E-state index is -0.647. The number of rotatable bonds is 5. The number of pyridine rings is 1. The molecule has 0 saturated heterocycles. The highest BCUT2D eigenvalue weighted by atomic mass is 35.5. The third-order valence-corrected chi connectivity index (χ3v) is 5.88. The van der Waals surface area contributed by atoms with E-state index in [-0.39, 0.29) is 34.7 Å². The van der Waals surface area contributed by atoms with Gasteiger partial charge in [0.05, 0.1) is 22.3 Å². The molecule has 188 valence electrons. The highest BCUT2D eigenvalue weighted by molar-refractivity contribution is 6.35. The Morgan fingerprint density at radius 2 is 1.82 bits per heavy atom. The lowest BCUT2D eigenvalue weighted by atomic mass is 10.2. The highest BCUT2D eigenvalue weighted by Crippen LogP contribution is 2.23. The average molecular weight is 530 g/mol. The molecule has 3 N–H and O–H groups in total. The molecule has 3 aromatic heterocycles. The lowest BCUT2D eigenvalue weighted by Crippen LogP contribution is -2.26. The van der Waals surface area contributed by atoms with Crippen LogP contribution in [0.4, 0.5) is 20.4 Å². The predicted molar refractivity (Wildman–Crippen MR) is 141 cm³/mol. The Labute approximate surface area is 220 Å². The minimum Gasteiger partial charge on any atom is -0.382 e. The van der Waals surface area contributed by atoms with Crippen LogP contribution < -0.4 is 16.6 Å². The van der Waals surface area contributed by atoms with Crippen LogP contribution in [0.1, 0.15) is 17.1 Å². The van der Waals surface area contributed by atoms with Crippen LogP contribution in [0.25, 0.3) is 16.6 Å². The van der Waals surface area contributed by atoms with Crippen LogP contribution >= 0.6 is 11.6 Å². The second-order valence-corrected chi connectivity index (χ2v) is 8.44. The third-order valence-electron chi connectivity index (χ3n) is 5.57. The first-order valence-electron chi connectivity index (χ1n) is 11.4. The Bertz CT molecular complexity index is 1770. The van der Waals surface area contributed by atoms with E-state index in [4.69, 9.17) is 17.3 Å². The number of para-hydroxylation sites is 1. The van der Waals surface area contributed by atoms with Crippen LogP contribution in [-0.2, 0) is 6.42 Å². The van der Waals surface area contributed by atoms with Crippen LogP contribution in [0.2, 0.25) is 5.02 Å².